The highest BCUT2D eigenvalue weighted by atomic mass is 16.5. The first-order chi connectivity index (χ1) is 15.0. The number of anilines is 2. The van der Waals surface area contributed by atoms with E-state index in [-0.39, 0.29) is 12.0 Å². The molecule has 3 heterocycles. The van der Waals surface area contributed by atoms with Gasteiger partial charge in [-0.2, -0.15) is 0 Å². The number of aromatic nitrogens is 2. The summed E-state index contributed by atoms with van der Waals surface area (Å²) in [6, 6.07) is 5.95. The number of piperidine rings is 1. The molecule has 1 saturated heterocycles. The Hall–Kier alpha value is -2.83. The van der Waals surface area contributed by atoms with Crippen molar-refractivity contribution in [2.75, 3.05) is 30.4 Å². The number of nitrogens with zero attached hydrogens (tertiary/aromatic N) is 3. The Bertz CT molecular complexity index is 988. The second-order valence-corrected chi connectivity index (χ2v) is 9.05. The first-order valence-electron chi connectivity index (χ1n) is 11.3. The van der Waals surface area contributed by atoms with Crippen molar-refractivity contribution in [1.82, 2.24) is 9.97 Å². The van der Waals surface area contributed by atoms with Crippen LogP contribution in [-0.2, 0) is 10.2 Å². The normalized spacial score (nSPS) is 20.1. The summed E-state index contributed by atoms with van der Waals surface area (Å²) in [6.45, 7) is 5.44. The van der Waals surface area contributed by atoms with Crippen LogP contribution >= 0.6 is 0 Å². The van der Waals surface area contributed by atoms with Gasteiger partial charge in [-0.1, -0.05) is 0 Å². The van der Waals surface area contributed by atoms with Crippen LogP contribution in [0, 0.1) is 13.8 Å². The lowest BCUT2D eigenvalue weighted by Gasteiger charge is -2.38. The number of ether oxygens (including phenoxy) is 2. The number of fused-ring (bicyclic) bond motifs is 2. The van der Waals surface area contributed by atoms with Crippen molar-refractivity contribution in [2.24, 2.45) is 0 Å². The average molecular weight is 423 g/mol. The number of methoxy groups -OCH3 is 1. The number of benzene rings is 1. The third kappa shape index (κ3) is 3.50. The van der Waals surface area contributed by atoms with E-state index in [0.717, 1.165) is 60.3 Å². The first-order valence-corrected chi connectivity index (χ1v) is 11.3. The fourth-order valence-electron chi connectivity index (χ4n) is 5.29. The van der Waals surface area contributed by atoms with E-state index in [1.807, 2.05) is 32.0 Å². The zero-order chi connectivity index (χ0) is 21.6. The maximum Gasteiger partial charge on any atom is 0.235 e. The topological polar surface area (TPSA) is 76.6 Å². The lowest BCUT2D eigenvalue weighted by atomic mass is 9.73. The van der Waals surface area contributed by atoms with Gasteiger partial charge < -0.3 is 19.7 Å². The summed E-state index contributed by atoms with van der Waals surface area (Å²) in [5.74, 6) is 2.26. The molecule has 164 valence electrons. The molecule has 7 heteroatoms. The van der Waals surface area contributed by atoms with E-state index in [9.17, 15) is 4.79 Å². The van der Waals surface area contributed by atoms with E-state index in [2.05, 4.69) is 20.2 Å². The molecule has 2 aliphatic heterocycles. The Morgan fingerprint density at radius 1 is 1.03 bits per heavy atom. The van der Waals surface area contributed by atoms with Crippen molar-refractivity contribution >= 4 is 17.5 Å². The predicted molar refractivity (Wildman–Crippen MR) is 119 cm³/mol. The van der Waals surface area contributed by atoms with Crippen LogP contribution in [-0.4, -0.2) is 42.2 Å². The minimum Gasteiger partial charge on any atom is -0.493 e. The zero-order valence-electron chi connectivity index (χ0n) is 18.5. The Labute approximate surface area is 183 Å². The molecule has 0 atom stereocenters. The molecule has 1 spiro atoms. The largest absolute Gasteiger partial charge is 0.493 e. The quantitative estimate of drug-likeness (QED) is 0.805. The standard InChI is InChI=1S/C24H30N4O3/c1-15-12-16(2)26-23(25-15)28-10-8-24(9-11-28)18-13-20(30-3)21(14-19(18)27-22(24)29)31-17-6-4-5-7-17/h12-14,17H,4-11H2,1-3H3,(H,27,29). The summed E-state index contributed by atoms with van der Waals surface area (Å²) in [5, 5.41) is 3.12. The summed E-state index contributed by atoms with van der Waals surface area (Å²) in [5.41, 5.74) is 3.27. The number of rotatable bonds is 4. The Kier molecular flexibility index (Phi) is 4.99. The summed E-state index contributed by atoms with van der Waals surface area (Å²) in [7, 11) is 1.67. The monoisotopic (exact) mass is 422 g/mol. The maximum absolute atomic E-state index is 13.2. The van der Waals surface area contributed by atoms with Gasteiger partial charge in [-0.15, -0.1) is 0 Å². The van der Waals surface area contributed by atoms with Crippen molar-refractivity contribution in [2.45, 2.75) is 63.9 Å². The lowest BCUT2D eigenvalue weighted by Crippen LogP contribution is -2.47. The molecule has 0 unspecified atom stereocenters. The van der Waals surface area contributed by atoms with Crippen LogP contribution in [0.4, 0.5) is 11.6 Å². The molecule has 0 radical (unpaired) electrons. The smallest absolute Gasteiger partial charge is 0.235 e. The third-order valence-electron chi connectivity index (χ3n) is 6.97. The van der Waals surface area contributed by atoms with Gasteiger partial charge in [-0.3, -0.25) is 4.79 Å². The SMILES string of the molecule is COc1cc2c(cc1OC1CCCC1)NC(=O)C21CCN(c2nc(C)cc(C)n2)CC1. The van der Waals surface area contributed by atoms with Crippen molar-refractivity contribution < 1.29 is 14.3 Å². The van der Waals surface area contributed by atoms with E-state index < -0.39 is 5.41 Å². The minimum absolute atomic E-state index is 0.0727. The molecule has 3 aliphatic rings. The van der Waals surface area contributed by atoms with Gasteiger partial charge in [-0.05, 0) is 70.1 Å². The second kappa shape index (κ2) is 7.70. The summed E-state index contributed by atoms with van der Waals surface area (Å²) < 4.78 is 11.9. The fourth-order valence-corrected chi connectivity index (χ4v) is 5.29. The van der Waals surface area contributed by atoms with E-state index in [0.29, 0.717) is 18.6 Å². The molecule has 1 aromatic heterocycles. The van der Waals surface area contributed by atoms with Gasteiger partial charge >= 0.3 is 0 Å². The molecule has 2 fully saturated rings. The first kappa shape index (κ1) is 20.1. The molecule has 1 N–H and O–H groups in total. The highest BCUT2D eigenvalue weighted by Crippen LogP contribution is 2.49. The van der Waals surface area contributed by atoms with E-state index in [4.69, 9.17) is 9.47 Å². The van der Waals surface area contributed by atoms with Crippen molar-refractivity contribution in [1.29, 1.82) is 0 Å². The number of carbonyl (C=O) groups excluding carboxylic acids is 1. The maximum atomic E-state index is 13.2. The van der Waals surface area contributed by atoms with Crippen LogP contribution in [0.5, 0.6) is 11.5 Å². The number of hydrogen-bond donors (Lipinski definition) is 1. The van der Waals surface area contributed by atoms with E-state index >= 15 is 0 Å². The van der Waals surface area contributed by atoms with E-state index in [1.54, 1.807) is 7.11 Å². The Balaban J connectivity index is 1.41. The molecule has 1 aromatic carbocycles. The molecular formula is C24H30N4O3. The van der Waals surface area contributed by atoms with Gasteiger partial charge in [0.15, 0.2) is 11.5 Å². The molecule has 2 aromatic rings. The molecule has 31 heavy (non-hydrogen) atoms. The predicted octanol–water partition coefficient (Wildman–Crippen LogP) is 3.91. The fraction of sp³-hybridized carbons (Fsp3) is 0.542. The van der Waals surface area contributed by atoms with Gasteiger partial charge in [0.25, 0.3) is 0 Å². The molecule has 1 saturated carbocycles. The minimum atomic E-state index is -0.538. The molecular weight excluding hydrogens is 392 g/mol. The Morgan fingerprint density at radius 3 is 2.35 bits per heavy atom. The number of carbonyl (C=O) groups is 1. The number of amides is 1. The van der Waals surface area contributed by atoms with Crippen LogP contribution in [0.25, 0.3) is 0 Å². The van der Waals surface area contributed by atoms with Crippen LogP contribution < -0.4 is 19.7 Å². The van der Waals surface area contributed by atoms with Crippen molar-refractivity contribution in [3.63, 3.8) is 0 Å². The zero-order valence-corrected chi connectivity index (χ0v) is 18.5. The average Bonchev–Trinajstić information content (AvgIpc) is 3.34. The molecule has 1 aliphatic carbocycles. The third-order valence-corrected chi connectivity index (χ3v) is 6.97. The van der Waals surface area contributed by atoms with Crippen molar-refractivity contribution in [3.8, 4) is 11.5 Å². The van der Waals surface area contributed by atoms with Crippen LogP contribution in [0.15, 0.2) is 18.2 Å². The van der Waals surface area contributed by atoms with Gasteiger partial charge in [0, 0.05) is 36.2 Å². The molecule has 1 amide bonds. The Morgan fingerprint density at radius 2 is 1.71 bits per heavy atom. The van der Waals surface area contributed by atoms with Gasteiger partial charge in [0.05, 0.1) is 18.6 Å². The van der Waals surface area contributed by atoms with Crippen LogP contribution in [0.3, 0.4) is 0 Å². The van der Waals surface area contributed by atoms with Gasteiger partial charge in [0.2, 0.25) is 11.9 Å². The summed E-state index contributed by atoms with van der Waals surface area (Å²) in [4.78, 5) is 24.6. The number of nitrogens with one attached hydrogen (secondary N) is 1. The highest BCUT2D eigenvalue weighted by molar-refractivity contribution is 6.07. The lowest BCUT2D eigenvalue weighted by molar-refractivity contribution is -0.121. The van der Waals surface area contributed by atoms with Crippen molar-refractivity contribution in [3.05, 3.63) is 35.2 Å². The summed E-state index contributed by atoms with van der Waals surface area (Å²) >= 11 is 0. The molecule has 0 bridgehead atoms. The van der Waals surface area contributed by atoms with E-state index in [1.165, 1.54) is 12.8 Å². The number of hydrogen-bond acceptors (Lipinski definition) is 6. The highest BCUT2D eigenvalue weighted by Gasteiger charge is 2.49. The summed E-state index contributed by atoms with van der Waals surface area (Å²) in [6.07, 6.45) is 6.23. The molecule has 7 nitrogen and oxygen atoms in total. The number of aryl methyl sites for hydroxylation is 2. The van der Waals surface area contributed by atoms with Crippen LogP contribution in [0.2, 0.25) is 0 Å². The molecule has 5 rings (SSSR count). The van der Waals surface area contributed by atoms with Gasteiger partial charge in [-0.25, -0.2) is 9.97 Å². The van der Waals surface area contributed by atoms with Gasteiger partial charge in [0.1, 0.15) is 0 Å². The second-order valence-electron chi connectivity index (χ2n) is 9.05. The van der Waals surface area contributed by atoms with Crippen LogP contribution in [0.1, 0.15) is 55.5 Å².